The molecule has 1 aromatic rings. The van der Waals surface area contributed by atoms with Crippen molar-refractivity contribution in [2.45, 2.75) is 6.10 Å². The largest absolute Gasteiger partial charge is 0.486 e. The summed E-state index contributed by atoms with van der Waals surface area (Å²) in [5.41, 5.74) is 0.573. The van der Waals surface area contributed by atoms with Crippen LogP contribution in [-0.4, -0.2) is 70.6 Å². The number of nitrogens with zero attached hydrogens (tertiary/aromatic N) is 1. The first kappa shape index (κ1) is 17.8. The molecule has 1 atom stereocenters. The lowest BCUT2D eigenvalue weighted by Gasteiger charge is -2.31. The third kappa shape index (κ3) is 4.74. The van der Waals surface area contributed by atoms with Gasteiger partial charge in [0.05, 0.1) is 19.0 Å². The molecular weight excluding hydrogens is 350 g/mol. The minimum absolute atomic E-state index is 0.211. The molecule has 2 amide bonds. The van der Waals surface area contributed by atoms with Gasteiger partial charge in [-0.3, -0.25) is 0 Å². The van der Waals surface area contributed by atoms with Gasteiger partial charge in [-0.15, -0.1) is 0 Å². The number of morpholine rings is 1. The molecule has 1 aromatic carbocycles. The van der Waals surface area contributed by atoms with Gasteiger partial charge in [-0.2, -0.15) is 4.31 Å². The van der Waals surface area contributed by atoms with Crippen LogP contribution in [0.2, 0.25) is 0 Å². The van der Waals surface area contributed by atoms with Crippen molar-refractivity contribution in [3.8, 4) is 11.5 Å². The van der Waals surface area contributed by atoms with E-state index in [2.05, 4.69) is 10.6 Å². The lowest BCUT2D eigenvalue weighted by atomic mass is 10.2. The van der Waals surface area contributed by atoms with Gasteiger partial charge in [-0.05, 0) is 12.1 Å². The fraction of sp³-hybridized carbons (Fsp3) is 0.533. The van der Waals surface area contributed by atoms with Gasteiger partial charge >= 0.3 is 6.03 Å². The average Bonchev–Trinajstić information content (AvgIpc) is 2.59. The Morgan fingerprint density at radius 2 is 2.00 bits per heavy atom. The molecule has 0 spiro atoms. The van der Waals surface area contributed by atoms with Crippen molar-refractivity contribution in [3.63, 3.8) is 0 Å². The first-order chi connectivity index (χ1) is 11.9. The molecule has 0 bridgehead atoms. The minimum atomic E-state index is -3.26. The van der Waals surface area contributed by atoms with Crippen LogP contribution in [-0.2, 0) is 14.8 Å². The zero-order chi connectivity index (χ0) is 17.9. The van der Waals surface area contributed by atoms with Crippen LogP contribution >= 0.6 is 0 Å². The molecule has 2 aliphatic rings. The van der Waals surface area contributed by atoms with E-state index in [0.717, 1.165) is 6.26 Å². The van der Waals surface area contributed by atoms with Crippen LogP contribution in [0.25, 0.3) is 0 Å². The van der Waals surface area contributed by atoms with E-state index >= 15 is 0 Å². The Bertz CT molecular complexity index is 739. The van der Waals surface area contributed by atoms with Crippen molar-refractivity contribution in [2.24, 2.45) is 0 Å². The topological polar surface area (TPSA) is 106 Å². The number of sulfonamides is 1. The normalized spacial score (nSPS) is 20.8. The monoisotopic (exact) mass is 371 g/mol. The Morgan fingerprint density at radius 1 is 1.24 bits per heavy atom. The second kappa shape index (κ2) is 7.46. The van der Waals surface area contributed by atoms with Crippen LogP contribution in [0, 0.1) is 0 Å². The van der Waals surface area contributed by atoms with Crippen molar-refractivity contribution in [1.29, 1.82) is 0 Å². The number of amides is 2. The van der Waals surface area contributed by atoms with Crippen LogP contribution in [0.5, 0.6) is 11.5 Å². The van der Waals surface area contributed by atoms with E-state index in [9.17, 15) is 13.2 Å². The van der Waals surface area contributed by atoms with Crippen molar-refractivity contribution in [2.75, 3.05) is 51.0 Å². The van der Waals surface area contributed by atoms with E-state index in [0.29, 0.717) is 43.6 Å². The molecule has 1 saturated heterocycles. The first-order valence-corrected chi connectivity index (χ1v) is 9.78. The summed E-state index contributed by atoms with van der Waals surface area (Å²) in [5.74, 6) is 1.23. The van der Waals surface area contributed by atoms with Gasteiger partial charge in [0.1, 0.15) is 13.2 Å². The standard InChI is InChI=1S/C15H21N3O6S/c1-25(20,21)18-4-5-22-12(10-18)9-16-15(19)17-11-2-3-13-14(8-11)24-7-6-23-13/h2-3,8,12H,4-7,9-10H2,1H3,(H2,16,17,19)/t12-/m0/s1. The molecule has 0 unspecified atom stereocenters. The molecule has 25 heavy (non-hydrogen) atoms. The zero-order valence-corrected chi connectivity index (χ0v) is 14.7. The summed E-state index contributed by atoms with van der Waals surface area (Å²) in [5, 5.41) is 5.38. The maximum Gasteiger partial charge on any atom is 0.319 e. The third-order valence-corrected chi connectivity index (χ3v) is 5.13. The number of benzene rings is 1. The predicted molar refractivity (Wildman–Crippen MR) is 90.6 cm³/mol. The van der Waals surface area contributed by atoms with Crippen molar-refractivity contribution >= 4 is 21.7 Å². The quantitative estimate of drug-likeness (QED) is 0.785. The molecule has 2 aliphatic heterocycles. The van der Waals surface area contributed by atoms with Gasteiger partial charge < -0.3 is 24.8 Å². The van der Waals surface area contributed by atoms with E-state index in [-0.39, 0.29) is 19.2 Å². The molecule has 1 fully saturated rings. The SMILES string of the molecule is CS(=O)(=O)N1CCO[C@@H](CNC(=O)Nc2ccc3c(c2)OCCO3)C1. The van der Waals surface area contributed by atoms with Gasteiger partial charge in [0.2, 0.25) is 10.0 Å². The minimum Gasteiger partial charge on any atom is -0.486 e. The Labute approximate surface area is 146 Å². The fourth-order valence-electron chi connectivity index (χ4n) is 2.62. The number of carbonyl (C=O) groups is 1. The summed E-state index contributed by atoms with van der Waals surface area (Å²) < 4.78 is 40.9. The predicted octanol–water partition coefficient (Wildman–Crippen LogP) is 0.240. The molecule has 2 N–H and O–H groups in total. The number of hydrogen-bond acceptors (Lipinski definition) is 6. The lowest BCUT2D eigenvalue weighted by Crippen LogP contribution is -2.49. The number of urea groups is 1. The molecule has 0 saturated carbocycles. The average molecular weight is 371 g/mol. The Balaban J connectivity index is 1.50. The van der Waals surface area contributed by atoms with E-state index in [1.54, 1.807) is 18.2 Å². The number of carbonyl (C=O) groups excluding carboxylic acids is 1. The highest BCUT2D eigenvalue weighted by atomic mass is 32.2. The molecule has 0 aromatic heterocycles. The summed E-state index contributed by atoms with van der Waals surface area (Å²) in [6.45, 7) is 2.05. The van der Waals surface area contributed by atoms with E-state index in [1.807, 2.05) is 0 Å². The summed E-state index contributed by atoms with van der Waals surface area (Å²) in [6, 6.07) is 4.74. The summed E-state index contributed by atoms with van der Waals surface area (Å²) >= 11 is 0. The molecule has 138 valence electrons. The highest BCUT2D eigenvalue weighted by molar-refractivity contribution is 7.88. The Hall–Kier alpha value is -2.04. The van der Waals surface area contributed by atoms with Crippen LogP contribution in [0.15, 0.2) is 18.2 Å². The molecule has 0 radical (unpaired) electrons. The van der Waals surface area contributed by atoms with Gasteiger partial charge in [0.15, 0.2) is 11.5 Å². The van der Waals surface area contributed by atoms with Crippen LogP contribution in [0.3, 0.4) is 0 Å². The Kier molecular flexibility index (Phi) is 5.30. The van der Waals surface area contributed by atoms with Crippen LogP contribution in [0.4, 0.5) is 10.5 Å². The zero-order valence-electron chi connectivity index (χ0n) is 13.9. The molecule has 0 aliphatic carbocycles. The van der Waals surface area contributed by atoms with Crippen molar-refractivity contribution in [3.05, 3.63) is 18.2 Å². The van der Waals surface area contributed by atoms with Gasteiger partial charge in [0.25, 0.3) is 0 Å². The molecule has 2 heterocycles. The number of hydrogen-bond donors (Lipinski definition) is 2. The second-order valence-corrected chi connectivity index (χ2v) is 7.79. The lowest BCUT2D eigenvalue weighted by molar-refractivity contribution is 0.00167. The molecule has 3 rings (SSSR count). The number of fused-ring (bicyclic) bond motifs is 1. The highest BCUT2D eigenvalue weighted by Gasteiger charge is 2.26. The van der Waals surface area contributed by atoms with Gasteiger partial charge in [-0.1, -0.05) is 0 Å². The van der Waals surface area contributed by atoms with E-state index < -0.39 is 16.1 Å². The van der Waals surface area contributed by atoms with Gasteiger partial charge in [-0.25, -0.2) is 13.2 Å². The summed E-state index contributed by atoms with van der Waals surface area (Å²) in [6.07, 6.45) is 0.784. The van der Waals surface area contributed by atoms with Gasteiger partial charge in [0, 0.05) is 31.4 Å². The Morgan fingerprint density at radius 3 is 2.76 bits per heavy atom. The number of rotatable bonds is 4. The third-order valence-electron chi connectivity index (χ3n) is 3.86. The number of ether oxygens (including phenoxy) is 3. The van der Waals surface area contributed by atoms with Crippen molar-refractivity contribution < 1.29 is 27.4 Å². The molecule has 9 nitrogen and oxygen atoms in total. The van der Waals surface area contributed by atoms with E-state index in [4.69, 9.17) is 14.2 Å². The molecular formula is C15H21N3O6S. The summed E-state index contributed by atoms with van der Waals surface area (Å²) in [4.78, 5) is 12.0. The first-order valence-electron chi connectivity index (χ1n) is 7.93. The maximum atomic E-state index is 12.0. The number of anilines is 1. The van der Waals surface area contributed by atoms with Crippen molar-refractivity contribution in [1.82, 2.24) is 9.62 Å². The maximum absolute atomic E-state index is 12.0. The van der Waals surface area contributed by atoms with Crippen LogP contribution in [0.1, 0.15) is 0 Å². The van der Waals surface area contributed by atoms with E-state index in [1.165, 1.54) is 4.31 Å². The highest BCUT2D eigenvalue weighted by Crippen LogP contribution is 2.32. The molecule has 10 heteroatoms. The second-order valence-electron chi connectivity index (χ2n) is 5.81. The fourth-order valence-corrected chi connectivity index (χ4v) is 3.46. The summed E-state index contributed by atoms with van der Waals surface area (Å²) in [7, 11) is -3.26. The smallest absolute Gasteiger partial charge is 0.319 e. The van der Waals surface area contributed by atoms with Crippen LogP contribution < -0.4 is 20.1 Å². The number of nitrogens with one attached hydrogen (secondary N) is 2.